The lowest BCUT2D eigenvalue weighted by atomic mass is 10.0. The van der Waals surface area contributed by atoms with Crippen LogP contribution in [-0.4, -0.2) is 88.1 Å². The molecule has 246 valence electrons. The molecule has 0 saturated heterocycles. The Balaban J connectivity index is 3.51. The predicted molar refractivity (Wildman–Crippen MR) is 162 cm³/mol. The van der Waals surface area contributed by atoms with E-state index in [1.807, 2.05) is 32.6 Å². The molecule has 1 atom stereocenters. The van der Waals surface area contributed by atoms with Gasteiger partial charge in [0.05, 0.1) is 24.3 Å². The van der Waals surface area contributed by atoms with Gasteiger partial charge in [-0.15, -0.1) is 0 Å². The number of rotatable bonds is 24. The summed E-state index contributed by atoms with van der Waals surface area (Å²) in [7, 11) is 0. The van der Waals surface area contributed by atoms with Gasteiger partial charge in [-0.1, -0.05) is 6.92 Å². The van der Waals surface area contributed by atoms with Gasteiger partial charge in [0.1, 0.15) is 0 Å². The molecule has 0 aromatic heterocycles. The van der Waals surface area contributed by atoms with E-state index >= 15 is 0 Å². The highest BCUT2D eigenvalue weighted by molar-refractivity contribution is 5.95. The van der Waals surface area contributed by atoms with E-state index < -0.39 is 24.1 Å². The van der Waals surface area contributed by atoms with E-state index in [0.717, 1.165) is 0 Å². The van der Waals surface area contributed by atoms with Gasteiger partial charge in [-0.05, 0) is 85.4 Å². The van der Waals surface area contributed by atoms with Crippen molar-refractivity contribution in [1.29, 1.82) is 0 Å². The molecule has 0 radical (unpaired) electrons. The van der Waals surface area contributed by atoms with E-state index in [4.69, 9.17) is 33.2 Å². The molecule has 0 aliphatic heterocycles. The van der Waals surface area contributed by atoms with Crippen LogP contribution < -0.4 is 0 Å². The van der Waals surface area contributed by atoms with Gasteiger partial charge in [-0.25, -0.2) is 9.59 Å². The van der Waals surface area contributed by atoms with Crippen LogP contribution in [0, 0.1) is 0 Å². The van der Waals surface area contributed by atoms with Crippen molar-refractivity contribution >= 4 is 17.9 Å². The van der Waals surface area contributed by atoms with Crippen molar-refractivity contribution in [2.45, 2.75) is 99.4 Å². The highest BCUT2D eigenvalue weighted by atomic mass is 16.7. The fourth-order valence-electron chi connectivity index (χ4n) is 4.46. The Morgan fingerprint density at radius 1 is 0.628 bits per heavy atom. The Morgan fingerprint density at radius 3 is 1.40 bits per heavy atom. The molecule has 11 heteroatoms. The second kappa shape index (κ2) is 22.9. The molecule has 0 amide bonds. The summed E-state index contributed by atoms with van der Waals surface area (Å²) in [5, 5.41) is 0. The number of benzene rings is 1. The highest BCUT2D eigenvalue weighted by Crippen LogP contribution is 2.28. The summed E-state index contributed by atoms with van der Waals surface area (Å²) < 4.78 is 39.4. The SMILES string of the molecule is CCOC(=O)c1cc(C(=O)OCC)cc(C(OC(=O)CC)N(CCCC(OCC)OCC)CCCC(OCC)OCC)c1. The van der Waals surface area contributed by atoms with Crippen LogP contribution in [0.15, 0.2) is 18.2 Å². The molecular weight excluding hydrogens is 558 g/mol. The molecule has 1 aromatic rings. The smallest absolute Gasteiger partial charge is 0.338 e. The Hall–Kier alpha value is -2.57. The predicted octanol–water partition coefficient (Wildman–Crippen LogP) is 5.65. The molecule has 0 bridgehead atoms. The molecule has 1 aromatic carbocycles. The van der Waals surface area contributed by atoms with Gasteiger partial charge >= 0.3 is 17.9 Å². The fraction of sp³-hybridized carbons (Fsp3) is 0.719. The monoisotopic (exact) mass is 611 g/mol. The van der Waals surface area contributed by atoms with Crippen LogP contribution in [0.5, 0.6) is 0 Å². The van der Waals surface area contributed by atoms with Crippen molar-refractivity contribution in [2.75, 3.05) is 52.7 Å². The zero-order valence-corrected chi connectivity index (χ0v) is 27.2. The van der Waals surface area contributed by atoms with Crippen LogP contribution >= 0.6 is 0 Å². The third kappa shape index (κ3) is 14.6. The normalized spacial score (nSPS) is 12.1. The Kier molecular flexibility index (Phi) is 20.5. The minimum absolute atomic E-state index is 0.153. The van der Waals surface area contributed by atoms with E-state index in [9.17, 15) is 14.4 Å². The van der Waals surface area contributed by atoms with Crippen molar-refractivity contribution in [1.82, 2.24) is 4.90 Å². The molecule has 0 saturated carbocycles. The first-order valence-corrected chi connectivity index (χ1v) is 15.7. The minimum atomic E-state index is -0.884. The molecule has 0 heterocycles. The van der Waals surface area contributed by atoms with Crippen molar-refractivity contribution in [3.63, 3.8) is 0 Å². The zero-order chi connectivity index (χ0) is 32.0. The first-order chi connectivity index (χ1) is 20.8. The fourth-order valence-corrected chi connectivity index (χ4v) is 4.46. The Morgan fingerprint density at radius 2 is 1.05 bits per heavy atom. The van der Waals surface area contributed by atoms with Crippen LogP contribution in [0.25, 0.3) is 0 Å². The Bertz CT molecular complexity index is 870. The summed E-state index contributed by atoms with van der Waals surface area (Å²) in [6.07, 6.45) is 1.17. The van der Waals surface area contributed by atoms with Gasteiger partial charge < -0.3 is 33.2 Å². The van der Waals surface area contributed by atoms with E-state index in [2.05, 4.69) is 0 Å². The van der Waals surface area contributed by atoms with Crippen molar-refractivity contribution in [2.24, 2.45) is 0 Å². The average molecular weight is 612 g/mol. The molecule has 0 aliphatic carbocycles. The van der Waals surface area contributed by atoms with E-state index in [1.54, 1.807) is 32.9 Å². The van der Waals surface area contributed by atoms with Crippen molar-refractivity contribution < 1.29 is 47.5 Å². The Labute approximate surface area is 257 Å². The zero-order valence-electron chi connectivity index (χ0n) is 27.2. The number of carbonyl (C=O) groups excluding carboxylic acids is 3. The minimum Gasteiger partial charge on any atom is -0.462 e. The molecule has 11 nitrogen and oxygen atoms in total. The van der Waals surface area contributed by atoms with Crippen LogP contribution in [0.4, 0.5) is 0 Å². The molecule has 43 heavy (non-hydrogen) atoms. The first kappa shape index (κ1) is 38.5. The van der Waals surface area contributed by atoms with Gasteiger partial charge in [0.25, 0.3) is 0 Å². The maximum absolute atomic E-state index is 12.8. The van der Waals surface area contributed by atoms with Gasteiger partial charge in [-0.3, -0.25) is 9.69 Å². The van der Waals surface area contributed by atoms with Gasteiger partial charge in [0, 0.05) is 51.5 Å². The lowest BCUT2D eigenvalue weighted by Crippen LogP contribution is -2.35. The highest BCUT2D eigenvalue weighted by Gasteiger charge is 2.28. The van der Waals surface area contributed by atoms with Crippen molar-refractivity contribution in [3.05, 3.63) is 34.9 Å². The van der Waals surface area contributed by atoms with E-state index in [-0.39, 0.29) is 43.3 Å². The molecule has 0 fully saturated rings. The first-order valence-electron chi connectivity index (χ1n) is 15.7. The lowest BCUT2D eigenvalue weighted by molar-refractivity contribution is -0.163. The summed E-state index contributed by atoms with van der Waals surface area (Å²) in [6.45, 7) is 16.3. The summed E-state index contributed by atoms with van der Waals surface area (Å²) in [5.41, 5.74) is 0.800. The van der Waals surface area contributed by atoms with Gasteiger partial charge in [0.15, 0.2) is 18.8 Å². The number of esters is 3. The average Bonchev–Trinajstić information content (AvgIpc) is 2.99. The van der Waals surface area contributed by atoms with Gasteiger partial charge in [0.2, 0.25) is 0 Å². The summed E-state index contributed by atoms with van der Waals surface area (Å²) in [4.78, 5) is 40.3. The number of nitrogens with zero attached hydrogens (tertiary/aromatic N) is 1. The maximum Gasteiger partial charge on any atom is 0.338 e. The second-order valence-corrected chi connectivity index (χ2v) is 9.48. The summed E-state index contributed by atoms with van der Waals surface area (Å²) in [6, 6.07) is 4.65. The maximum atomic E-state index is 12.8. The van der Waals surface area contributed by atoms with E-state index in [0.29, 0.717) is 70.8 Å². The molecule has 0 N–H and O–H groups in total. The third-order valence-corrected chi connectivity index (χ3v) is 6.31. The van der Waals surface area contributed by atoms with Gasteiger partial charge in [-0.2, -0.15) is 0 Å². The van der Waals surface area contributed by atoms with Crippen LogP contribution in [0.2, 0.25) is 0 Å². The molecule has 1 unspecified atom stereocenters. The number of hydrogen-bond acceptors (Lipinski definition) is 11. The summed E-state index contributed by atoms with van der Waals surface area (Å²) >= 11 is 0. The van der Waals surface area contributed by atoms with Crippen molar-refractivity contribution in [3.8, 4) is 0 Å². The number of ether oxygens (including phenoxy) is 7. The topological polar surface area (TPSA) is 119 Å². The van der Waals surface area contributed by atoms with Crippen LogP contribution in [0.3, 0.4) is 0 Å². The second-order valence-electron chi connectivity index (χ2n) is 9.48. The van der Waals surface area contributed by atoms with Crippen LogP contribution in [0.1, 0.15) is 113 Å². The lowest BCUT2D eigenvalue weighted by Gasteiger charge is -2.33. The standard InChI is InChI=1S/C32H53NO10/c1-8-27(34)43-30(24-21-25(31(35)41-13-6)23-26(22-24)32(36)42-14-7)33(19-15-17-28(37-9-2)38-10-3)20-16-18-29(39-11-4)40-12-5/h21-23,28-30H,8-20H2,1-7H3. The number of carbonyl (C=O) groups is 3. The number of hydrogen-bond donors (Lipinski definition) is 0. The molecule has 0 aliphatic rings. The molecule has 0 spiro atoms. The van der Waals surface area contributed by atoms with Crippen LogP contribution in [-0.2, 0) is 38.0 Å². The largest absolute Gasteiger partial charge is 0.462 e. The summed E-state index contributed by atoms with van der Waals surface area (Å²) in [5.74, 6) is -1.60. The third-order valence-electron chi connectivity index (χ3n) is 6.31. The molecular formula is C32H53NO10. The quantitative estimate of drug-likeness (QED) is 0.0819. The van der Waals surface area contributed by atoms with E-state index in [1.165, 1.54) is 6.07 Å². The molecule has 1 rings (SSSR count).